The van der Waals surface area contributed by atoms with Gasteiger partial charge in [0, 0.05) is 19.1 Å². The minimum Gasteiger partial charge on any atom is -0.327 e. The molecule has 2 saturated carbocycles. The first-order valence-electron chi connectivity index (χ1n) is 7.63. The molecule has 0 saturated heterocycles. The topological polar surface area (TPSA) is 29.3 Å². The number of benzene rings is 1. The van der Waals surface area contributed by atoms with Crippen LogP contribution in [-0.2, 0) is 6.54 Å². The number of rotatable bonds is 4. The normalized spacial score (nSPS) is 33.3. The minimum absolute atomic E-state index is 0.457. The average molecular weight is 258 g/mol. The van der Waals surface area contributed by atoms with E-state index in [-0.39, 0.29) is 0 Å². The van der Waals surface area contributed by atoms with Crippen LogP contribution in [0.5, 0.6) is 0 Å². The molecule has 104 valence electrons. The van der Waals surface area contributed by atoms with Crippen molar-refractivity contribution in [1.82, 2.24) is 4.90 Å². The monoisotopic (exact) mass is 258 g/mol. The van der Waals surface area contributed by atoms with Gasteiger partial charge in [-0.2, -0.15) is 0 Å². The van der Waals surface area contributed by atoms with Gasteiger partial charge in [0.25, 0.3) is 0 Å². The molecule has 2 nitrogen and oxygen atoms in total. The second-order valence-electron chi connectivity index (χ2n) is 6.76. The molecule has 0 heterocycles. The van der Waals surface area contributed by atoms with Crippen LogP contribution in [-0.4, -0.2) is 24.5 Å². The Morgan fingerprint density at radius 2 is 2.05 bits per heavy atom. The molecule has 1 aromatic rings. The highest BCUT2D eigenvalue weighted by molar-refractivity contribution is 5.22. The van der Waals surface area contributed by atoms with Crippen molar-refractivity contribution in [2.45, 2.75) is 38.8 Å². The van der Waals surface area contributed by atoms with E-state index in [9.17, 15) is 0 Å². The van der Waals surface area contributed by atoms with Gasteiger partial charge in [-0.15, -0.1) is 0 Å². The second kappa shape index (κ2) is 5.26. The molecule has 0 aliphatic heterocycles. The summed E-state index contributed by atoms with van der Waals surface area (Å²) in [6.07, 6.45) is 4.19. The van der Waals surface area contributed by atoms with Crippen LogP contribution in [0.4, 0.5) is 0 Å². The summed E-state index contributed by atoms with van der Waals surface area (Å²) < 4.78 is 0. The number of nitrogens with zero attached hydrogens (tertiary/aromatic N) is 1. The van der Waals surface area contributed by atoms with Gasteiger partial charge in [0.2, 0.25) is 0 Å². The summed E-state index contributed by atoms with van der Waals surface area (Å²) >= 11 is 0. The number of fused-ring (bicyclic) bond motifs is 2. The molecule has 2 bridgehead atoms. The Labute approximate surface area is 117 Å². The zero-order chi connectivity index (χ0) is 13.4. The van der Waals surface area contributed by atoms with Crippen LogP contribution in [0, 0.1) is 24.7 Å². The lowest BCUT2D eigenvalue weighted by atomic mass is 9.84. The molecule has 2 aliphatic carbocycles. The Balaban J connectivity index is 1.58. The summed E-state index contributed by atoms with van der Waals surface area (Å²) in [5, 5.41) is 0. The van der Waals surface area contributed by atoms with Gasteiger partial charge in [0.1, 0.15) is 0 Å². The molecule has 19 heavy (non-hydrogen) atoms. The molecule has 0 amide bonds. The minimum atomic E-state index is 0.457. The summed E-state index contributed by atoms with van der Waals surface area (Å²) in [5.41, 5.74) is 9.17. The lowest BCUT2D eigenvalue weighted by Gasteiger charge is -2.31. The molecular formula is C17H26N2. The fourth-order valence-electron chi connectivity index (χ4n) is 4.27. The van der Waals surface area contributed by atoms with E-state index in [1.165, 1.54) is 30.4 Å². The molecule has 1 aromatic carbocycles. The predicted molar refractivity (Wildman–Crippen MR) is 79.8 cm³/mol. The molecule has 2 aliphatic rings. The van der Waals surface area contributed by atoms with E-state index in [2.05, 4.69) is 43.1 Å². The van der Waals surface area contributed by atoms with Gasteiger partial charge >= 0.3 is 0 Å². The number of hydrogen-bond acceptors (Lipinski definition) is 2. The van der Waals surface area contributed by atoms with Gasteiger partial charge in [-0.05, 0) is 56.6 Å². The smallest absolute Gasteiger partial charge is 0.0230 e. The van der Waals surface area contributed by atoms with Gasteiger partial charge in [0.15, 0.2) is 0 Å². The molecule has 0 aromatic heterocycles. The van der Waals surface area contributed by atoms with E-state index in [0.717, 1.165) is 30.8 Å². The zero-order valence-corrected chi connectivity index (χ0v) is 12.2. The lowest BCUT2D eigenvalue weighted by Crippen LogP contribution is -2.41. The van der Waals surface area contributed by atoms with Gasteiger partial charge in [0.05, 0.1) is 0 Å². The maximum atomic E-state index is 6.40. The number of hydrogen-bond donors (Lipinski definition) is 1. The molecule has 2 N–H and O–H groups in total. The first-order valence-corrected chi connectivity index (χ1v) is 7.63. The fraction of sp³-hybridized carbons (Fsp3) is 0.647. The van der Waals surface area contributed by atoms with Crippen LogP contribution in [0.1, 0.15) is 30.4 Å². The Hall–Kier alpha value is -0.860. The van der Waals surface area contributed by atoms with Gasteiger partial charge in [-0.3, -0.25) is 0 Å². The van der Waals surface area contributed by atoms with Crippen molar-refractivity contribution in [3.63, 3.8) is 0 Å². The van der Waals surface area contributed by atoms with E-state index in [1.807, 2.05) is 0 Å². The van der Waals surface area contributed by atoms with E-state index >= 15 is 0 Å². The van der Waals surface area contributed by atoms with Gasteiger partial charge < -0.3 is 10.6 Å². The van der Waals surface area contributed by atoms with Crippen molar-refractivity contribution in [3.8, 4) is 0 Å². The maximum Gasteiger partial charge on any atom is 0.0230 e. The van der Waals surface area contributed by atoms with Crippen molar-refractivity contribution < 1.29 is 0 Å². The molecular weight excluding hydrogens is 232 g/mol. The van der Waals surface area contributed by atoms with E-state index < -0.39 is 0 Å². The summed E-state index contributed by atoms with van der Waals surface area (Å²) in [7, 11) is 2.24. The third-order valence-electron chi connectivity index (χ3n) is 5.22. The van der Waals surface area contributed by atoms with E-state index in [0.29, 0.717) is 6.04 Å². The first kappa shape index (κ1) is 13.1. The van der Waals surface area contributed by atoms with Crippen molar-refractivity contribution >= 4 is 0 Å². The average Bonchev–Trinajstić information content (AvgIpc) is 2.93. The summed E-state index contributed by atoms with van der Waals surface area (Å²) in [6.45, 7) is 4.37. The van der Waals surface area contributed by atoms with Crippen molar-refractivity contribution in [3.05, 3.63) is 35.4 Å². The third kappa shape index (κ3) is 2.70. The molecule has 4 unspecified atom stereocenters. The Morgan fingerprint density at radius 1 is 1.26 bits per heavy atom. The summed E-state index contributed by atoms with van der Waals surface area (Å²) in [6, 6.07) is 9.29. The zero-order valence-electron chi connectivity index (χ0n) is 12.2. The predicted octanol–water partition coefficient (Wildman–Crippen LogP) is 2.80. The lowest BCUT2D eigenvalue weighted by molar-refractivity contribution is 0.194. The van der Waals surface area contributed by atoms with Crippen molar-refractivity contribution in [2.75, 3.05) is 13.6 Å². The van der Waals surface area contributed by atoms with Crippen molar-refractivity contribution in [2.24, 2.45) is 23.5 Å². The van der Waals surface area contributed by atoms with Crippen LogP contribution in [0.15, 0.2) is 24.3 Å². The van der Waals surface area contributed by atoms with Crippen LogP contribution >= 0.6 is 0 Å². The third-order valence-corrected chi connectivity index (χ3v) is 5.22. The van der Waals surface area contributed by atoms with Crippen LogP contribution < -0.4 is 5.73 Å². The highest BCUT2D eigenvalue weighted by Crippen LogP contribution is 2.47. The van der Waals surface area contributed by atoms with Gasteiger partial charge in [-0.1, -0.05) is 29.8 Å². The fourth-order valence-corrected chi connectivity index (χ4v) is 4.27. The first-order chi connectivity index (χ1) is 9.13. The molecule has 0 radical (unpaired) electrons. The van der Waals surface area contributed by atoms with E-state index in [1.54, 1.807) is 0 Å². The highest BCUT2D eigenvalue weighted by Gasteiger charge is 2.45. The number of aryl methyl sites for hydroxylation is 1. The summed E-state index contributed by atoms with van der Waals surface area (Å²) in [4.78, 5) is 2.46. The van der Waals surface area contributed by atoms with Crippen LogP contribution in [0.3, 0.4) is 0 Å². The van der Waals surface area contributed by atoms with Crippen LogP contribution in [0.2, 0.25) is 0 Å². The second-order valence-corrected chi connectivity index (χ2v) is 6.76. The number of nitrogens with two attached hydrogens (primary N) is 1. The van der Waals surface area contributed by atoms with Crippen molar-refractivity contribution in [1.29, 1.82) is 0 Å². The molecule has 3 rings (SSSR count). The maximum absolute atomic E-state index is 6.40. The Bertz CT molecular complexity index is 441. The largest absolute Gasteiger partial charge is 0.327 e. The standard InChI is InChI=1S/C17H26N2/c1-12-4-3-5-13(8-12)10-19(2)11-16-14-6-7-15(9-14)17(16)18/h3-5,8,14-17H,6-7,9-11,18H2,1-2H3. The molecule has 2 fully saturated rings. The van der Waals surface area contributed by atoms with Crippen LogP contribution in [0.25, 0.3) is 0 Å². The molecule has 2 heteroatoms. The SMILES string of the molecule is Cc1cccc(CN(C)CC2C3CCC(C3)C2N)c1. The van der Waals surface area contributed by atoms with Gasteiger partial charge in [-0.25, -0.2) is 0 Å². The highest BCUT2D eigenvalue weighted by atomic mass is 15.1. The molecule has 4 atom stereocenters. The van der Waals surface area contributed by atoms with E-state index in [4.69, 9.17) is 5.73 Å². The quantitative estimate of drug-likeness (QED) is 0.900. The Kier molecular flexibility index (Phi) is 3.64. The molecule has 0 spiro atoms. The Morgan fingerprint density at radius 3 is 2.74 bits per heavy atom. The summed E-state index contributed by atoms with van der Waals surface area (Å²) in [5.74, 6) is 2.45.